The molecule has 1 atom stereocenters. The van der Waals surface area contributed by atoms with Gasteiger partial charge in [-0.3, -0.25) is 0 Å². The largest absolute Gasteiger partial charge is 0.497 e. The summed E-state index contributed by atoms with van der Waals surface area (Å²) in [6.45, 7) is 2.08. The van der Waals surface area contributed by atoms with Gasteiger partial charge in [0, 0.05) is 36.4 Å². The van der Waals surface area contributed by atoms with Crippen LogP contribution in [-0.4, -0.2) is 20.2 Å². The topological polar surface area (TPSA) is 38.5 Å². The van der Waals surface area contributed by atoms with Crippen LogP contribution < -0.4 is 15.4 Å². The number of nitrogens with two attached hydrogens (primary N) is 1. The average Bonchev–Trinajstić information content (AvgIpc) is 2.97. The third kappa shape index (κ3) is 2.44. The average molecular weight is 268 g/mol. The molecule has 0 radical (unpaired) electrons. The van der Waals surface area contributed by atoms with Crippen LogP contribution in [0.4, 0.5) is 11.4 Å². The summed E-state index contributed by atoms with van der Waals surface area (Å²) in [4.78, 5) is 2.40. The second-order valence-electron chi connectivity index (χ2n) is 5.26. The van der Waals surface area contributed by atoms with Crippen LogP contribution in [0.5, 0.6) is 5.75 Å². The lowest BCUT2D eigenvalue weighted by atomic mass is 9.97. The zero-order valence-electron chi connectivity index (χ0n) is 11.8. The van der Waals surface area contributed by atoms with Crippen molar-refractivity contribution in [2.75, 3.05) is 30.8 Å². The zero-order valence-corrected chi connectivity index (χ0v) is 11.8. The van der Waals surface area contributed by atoms with Gasteiger partial charge in [0.1, 0.15) is 5.75 Å². The van der Waals surface area contributed by atoms with Gasteiger partial charge in [0.15, 0.2) is 0 Å². The molecule has 3 nitrogen and oxygen atoms in total. The summed E-state index contributed by atoms with van der Waals surface area (Å²) in [5, 5.41) is 0. The molecule has 1 aliphatic rings. The molecule has 3 rings (SSSR count). The van der Waals surface area contributed by atoms with Crippen LogP contribution in [0.25, 0.3) is 0 Å². The molecule has 3 heteroatoms. The van der Waals surface area contributed by atoms with Crippen LogP contribution in [0.15, 0.2) is 48.5 Å². The van der Waals surface area contributed by atoms with Gasteiger partial charge in [0.2, 0.25) is 0 Å². The summed E-state index contributed by atoms with van der Waals surface area (Å²) in [5.41, 5.74) is 9.50. The maximum atomic E-state index is 6.09. The van der Waals surface area contributed by atoms with Crippen LogP contribution >= 0.6 is 0 Å². The van der Waals surface area contributed by atoms with E-state index in [0.717, 1.165) is 30.9 Å². The molecule has 2 aromatic carbocycles. The van der Waals surface area contributed by atoms with E-state index in [2.05, 4.69) is 29.2 Å². The first-order valence-corrected chi connectivity index (χ1v) is 7.01. The Hall–Kier alpha value is -2.16. The van der Waals surface area contributed by atoms with Crippen molar-refractivity contribution in [3.8, 4) is 5.75 Å². The van der Waals surface area contributed by atoms with E-state index < -0.39 is 0 Å². The summed E-state index contributed by atoms with van der Waals surface area (Å²) < 4.78 is 5.30. The van der Waals surface area contributed by atoms with Gasteiger partial charge >= 0.3 is 0 Å². The first-order chi connectivity index (χ1) is 9.78. The zero-order chi connectivity index (χ0) is 13.9. The van der Waals surface area contributed by atoms with Crippen LogP contribution in [-0.2, 0) is 0 Å². The summed E-state index contributed by atoms with van der Waals surface area (Å²) in [5.74, 6) is 1.42. The number of ether oxygens (including phenoxy) is 1. The Bertz CT molecular complexity index is 597. The number of anilines is 2. The molecule has 2 N–H and O–H groups in total. The second kappa shape index (κ2) is 5.45. The Morgan fingerprint density at radius 2 is 2.00 bits per heavy atom. The minimum Gasteiger partial charge on any atom is -0.497 e. The Kier molecular flexibility index (Phi) is 3.50. The number of rotatable bonds is 3. The van der Waals surface area contributed by atoms with Crippen molar-refractivity contribution in [3.63, 3.8) is 0 Å². The summed E-state index contributed by atoms with van der Waals surface area (Å²) in [7, 11) is 1.70. The molecule has 0 aliphatic carbocycles. The highest BCUT2D eigenvalue weighted by Crippen LogP contribution is 2.34. The highest BCUT2D eigenvalue weighted by atomic mass is 16.5. The van der Waals surface area contributed by atoms with Gasteiger partial charge in [-0.25, -0.2) is 0 Å². The smallest absolute Gasteiger partial charge is 0.120 e. The van der Waals surface area contributed by atoms with E-state index in [4.69, 9.17) is 10.5 Å². The van der Waals surface area contributed by atoms with E-state index in [-0.39, 0.29) is 0 Å². The molecule has 104 valence electrons. The molecular weight excluding hydrogens is 248 g/mol. The van der Waals surface area contributed by atoms with E-state index in [1.165, 1.54) is 11.3 Å². The highest BCUT2D eigenvalue weighted by Gasteiger charge is 2.25. The van der Waals surface area contributed by atoms with E-state index in [0.29, 0.717) is 5.92 Å². The molecule has 1 aliphatic heterocycles. The number of methoxy groups -OCH3 is 1. The van der Waals surface area contributed by atoms with Crippen molar-refractivity contribution in [1.82, 2.24) is 0 Å². The molecule has 20 heavy (non-hydrogen) atoms. The lowest BCUT2D eigenvalue weighted by Gasteiger charge is -2.20. The fourth-order valence-corrected chi connectivity index (χ4v) is 2.94. The number of para-hydroxylation sites is 1. The highest BCUT2D eigenvalue weighted by molar-refractivity contribution is 5.54. The predicted molar refractivity (Wildman–Crippen MR) is 83.4 cm³/mol. The molecule has 0 saturated carbocycles. The molecule has 0 amide bonds. The maximum absolute atomic E-state index is 6.09. The maximum Gasteiger partial charge on any atom is 0.120 e. The second-order valence-corrected chi connectivity index (χ2v) is 5.26. The fraction of sp³-hybridized carbons (Fsp3) is 0.294. The Morgan fingerprint density at radius 3 is 2.80 bits per heavy atom. The molecule has 0 aromatic heterocycles. The summed E-state index contributed by atoms with van der Waals surface area (Å²) in [6.07, 6.45) is 1.14. The SMILES string of the molecule is COc1cccc(N2CCC(c3ccccc3N)C2)c1. The lowest BCUT2D eigenvalue weighted by Crippen LogP contribution is -2.19. The standard InChI is InChI=1S/C17H20N2O/c1-20-15-6-4-5-14(11-15)19-10-9-13(12-19)16-7-2-3-8-17(16)18/h2-8,11,13H,9-10,12,18H2,1H3. The van der Waals surface area contributed by atoms with E-state index in [1.54, 1.807) is 7.11 Å². The van der Waals surface area contributed by atoms with Gasteiger partial charge in [-0.05, 0) is 30.2 Å². The summed E-state index contributed by atoms with van der Waals surface area (Å²) in [6, 6.07) is 16.5. The van der Waals surface area contributed by atoms with Crippen molar-refractivity contribution in [2.45, 2.75) is 12.3 Å². The normalized spacial score (nSPS) is 18.2. The van der Waals surface area contributed by atoms with Crippen molar-refractivity contribution < 1.29 is 4.74 Å². The third-order valence-corrected chi connectivity index (χ3v) is 4.04. The quantitative estimate of drug-likeness (QED) is 0.868. The van der Waals surface area contributed by atoms with E-state index in [1.807, 2.05) is 24.3 Å². The lowest BCUT2D eigenvalue weighted by molar-refractivity contribution is 0.415. The van der Waals surface area contributed by atoms with Gasteiger partial charge < -0.3 is 15.4 Å². The van der Waals surface area contributed by atoms with Gasteiger partial charge in [0.05, 0.1) is 7.11 Å². The van der Waals surface area contributed by atoms with Crippen molar-refractivity contribution >= 4 is 11.4 Å². The van der Waals surface area contributed by atoms with Crippen LogP contribution in [0.2, 0.25) is 0 Å². The molecule has 0 bridgehead atoms. The Balaban J connectivity index is 1.78. The van der Waals surface area contributed by atoms with Crippen molar-refractivity contribution in [1.29, 1.82) is 0 Å². The van der Waals surface area contributed by atoms with Crippen LogP contribution in [0.1, 0.15) is 17.9 Å². The number of hydrogen-bond acceptors (Lipinski definition) is 3. The van der Waals surface area contributed by atoms with Gasteiger partial charge in [0.25, 0.3) is 0 Å². The summed E-state index contributed by atoms with van der Waals surface area (Å²) >= 11 is 0. The number of hydrogen-bond donors (Lipinski definition) is 1. The fourth-order valence-electron chi connectivity index (χ4n) is 2.94. The van der Waals surface area contributed by atoms with Crippen molar-refractivity contribution in [2.24, 2.45) is 0 Å². The monoisotopic (exact) mass is 268 g/mol. The van der Waals surface area contributed by atoms with Gasteiger partial charge in [-0.2, -0.15) is 0 Å². The van der Waals surface area contributed by atoms with Crippen molar-refractivity contribution in [3.05, 3.63) is 54.1 Å². The molecular formula is C17H20N2O. The number of nitrogen functional groups attached to an aromatic ring is 1. The minimum absolute atomic E-state index is 0.516. The molecule has 0 spiro atoms. The first-order valence-electron chi connectivity index (χ1n) is 7.01. The minimum atomic E-state index is 0.516. The number of benzene rings is 2. The molecule has 1 saturated heterocycles. The predicted octanol–water partition coefficient (Wildman–Crippen LogP) is 3.27. The van der Waals surface area contributed by atoms with Crippen LogP contribution in [0.3, 0.4) is 0 Å². The Labute approximate surface area is 120 Å². The number of nitrogens with zero attached hydrogens (tertiary/aromatic N) is 1. The third-order valence-electron chi connectivity index (χ3n) is 4.04. The van der Waals surface area contributed by atoms with Gasteiger partial charge in [-0.15, -0.1) is 0 Å². The van der Waals surface area contributed by atoms with Gasteiger partial charge in [-0.1, -0.05) is 24.3 Å². The molecule has 1 fully saturated rings. The first kappa shape index (κ1) is 12.9. The molecule has 1 heterocycles. The molecule has 2 aromatic rings. The Morgan fingerprint density at radius 1 is 1.15 bits per heavy atom. The van der Waals surface area contributed by atoms with Crippen LogP contribution in [0, 0.1) is 0 Å². The van der Waals surface area contributed by atoms with E-state index in [9.17, 15) is 0 Å². The van der Waals surface area contributed by atoms with E-state index >= 15 is 0 Å². The molecule has 1 unspecified atom stereocenters.